The van der Waals surface area contributed by atoms with E-state index in [1.807, 2.05) is 31.2 Å². The quantitative estimate of drug-likeness (QED) is 0.829. The molecule has 18 heavy (non-hydrogen) atoms. The molecule has 0 aliphatic heterocycles. The van der Waals surface area contributed by atoms with Gasteiger partial charge in [-0.15, -0.1) is 0 Å². The molecule has 0 saturated heterocycles. The fourth-order valence-electron chi connectivity index (χ4n) is 1.81. The van der Waals surface area contributed by atoms with Crippen LogP contribution in [-0.4, -0.2) is 0 Å². The third-order valence-corrected chi connectivity index (χ3v) is 3.68. The summed E-state index contributed by atoms with van der Waals surface area (Å²) in [6, 6.07) is 10.7. The summed E-state index contributed by atoms with van der Waals surface area (Å²) >= 11 is 18.2. The first-order chi connectivity index (χ1) is 8.49. The minimum Gasteiger partial charge on any atom is -0.320 e. The van der Waals surface area contributed by atoms with Crippen molar-refractivity contribution in [3.05, 3.63) is 68.2 Å². The highest BCUT2D eigenvalue weighted by atomic mass is 35.5. The van der Waals surface area contributed by atoms with Crippen LogP contribution in [0.5, 0.6) is 0 Å². The summed E-state index contributed by atoms with van der Waals surface area (Å²) in [5, 5.41) is 1.78. The summed E-state index contributed by atoms with van der Waals surface area (Å²) in [6.07, 6.45) is 0. The summed E-state index contributed by atoms with van der Waals surface area (Å²) < 4.78 is 0. The number of rotatable bonds is 2. The van der Waals surface area contributed by atoms with Gasteiger partial charge in [0.05, 0.1) is 6.04 Å². The molecule has 0 amide bonds. The van der Waals surface area contributed by atoms with Crippen LogP contribution in [-0.2, 0) is 0 Å². The second-order valence-corrected chi connectivity index (χ2v) is 5.42. The van der Waals surface area contributed by atoms with Crippen LogP contribution >= 0.6 is 34.8 Å². The zero-order chi connectivity index (χ0) is 13.3. The number of hydrogen-bond acceptors (Lipinski definition) is 1. The summed E-state index contributed by atoms with van der Waals surface area (Å²) in [5.41, 5.74) is 8.97. The Kier molecular flexibility index (Phi) is 4.18. The van der Waals surface area contributed by atoms with Gasteiger partial charge < -0.3 is 5.73 Å². The lowest BCUT2D eigenvalue weighted by Gasteiger charge is -2.16. The maximum absolute atomic E-state index is 6.21. The zero-order valence-corrected chi connectivity index (χ0v) is 12.0. The van der Waals surface area contributed by atoms with Gasteiger partial charge in [-0.05, 0) is 41.8 Å². The minimum atomic E-state index is -0.358. The number of hydrogen-bond donors (Lipinski definition) is 1. The SMILES string of the molecule is Cc1ccc(C(N)c2ccc(Cl)cc2Cl)c(Cl)c1. The van der Waals surface area contributed by atoms with Crippen molar-refractivity contribution < 1.29 is 0 Å². The fourth-order valence-corrected chi connectivity index (χ4v) is 2.68. The van der Waals surface area contributed by atoms with E-state index in [1.54, 1.807) is 12.1 Å². The van der Waals surface area contributed by atoms with Crippen molar-refractivity contribution in [1.29, 1.82) is 0 Å². The number of aryl methyl sites for hydroxylation is 1. The van der Waals surface area contributed by atoms with Gasteiger partial charge in [0.15, 0.2) is 0 Å². The van der Waals surface area contributed by atoms with E-state index >= 15 is 0 Å². The summed E-state index contributed by atoms with van der Waals surface area (Å²) in [6.45, 7) is 1.98. The average Bonchev–Trinajstić information content (AvgIpc) is 2.28. The molecule has 0 bridgehead atoms. The van der Waals surface area contributed by atoms with E-state index in [2.05, 4.69) is 0 Å². The molecule has 94 valence electrons. The molecule has 0 heterocycles. The predicted molar refractivity (Wildman–Crippen MR) is 78.7 cm³/mol. The highest BCUT2D eigenvalue weighted by molar-refractivity contribution is 6.35. The van der Waals surface area contributed by atoms with Crippen LogP contribution in [0.25, 0.3) is 0 Å². The Morgan fingerprint density at radius 2 is 1.44 bits per heavy atom. The first-order valence-corrected chi connectivity index (χ1v) is 6.59. The van der Waals surface area contributed by atoms with E-state index < -0.39 is 0 Å². The maximum atomic E-state index is 6.21. The van der Waals surface area contributed by atoms with Gasteiger partial charge in [0.2, 0.25) is 0 Å². The van der Waals surface area contributed by atoms with E-state index in [-0.39, 0.29) is 6.04 Å². The Hall–Kier alpha value is -0.730. The van der Waals surface area contributed by atoms with E-state index in [0.29, 0.717) is 15.1 Å². The van der Waals surface area contributed by atoms with Gasteiger partial charge in [0.1, 0.15) is 0 Å². The molecule has 0 aromatic heterocycles. The zero-order valence-electron chi connectivity index (χ0n) is 9.75. The van der Waals surface area contributed by atoms with Crippen LogP contribution in [0.1, 0.15) is 22.7 Å². The molecule has 1 nitrogen and oxygen atoms in total. The number of benzene rings is 2. The Morgan fingerprint density at radius 3 is 2.00 bits per heavy atom. The van der Waals surface area contributed by atoms with Crippen LogP contribution < -0.4 is 5.73 Å². The van der Waals surface area contributed by atoms with Crippen molar-refractivity contribution in [3.63, 3.8) is 0 Å². The Labute approximate surface area is 121 Å². The van der Waals surface area contributed by atoms with Crippen molar-refractivity contribution in [2.45, 2.75) is 13.0 Å². The van der Waals surface area contributed by atoms with Gasteiger partial charge in [-0.2, -0.15) is 0 Å². The normalized spacial score (nSPS) is 12.5. The lowest BCUT2D eigenvalue weighted by Crippen LogP contribution is -2.13. The van der Waals surface area contributed by atoms with E-state index in [9.17, 15) is 0 Å². The molecular weight excluding hydrogens is 289 g/mol. The van der Waals surface area contributed by atoms with Crippen LogP contribution in [0.15, 0.2) is 36.4 Å². The lowest BCUT2D eigenvalue weighted by molar-refractivity contribution is 0.871. The maximum Gasteiger partial charge on any atom is 0.0581 e. The Morgan fingerprint density at radius 1 is 0.889 bits per heavy atom. The van der Waals surface area contributed by atoms with E-state index in [0.717, 1.165) is 16.7 Å². The molecule has 0 saturated carbocycles. The Balaban J connectivity index is 2.44. The van der Waals surface area contributed by atoms with Crippen molar-refractivity contribution in [2.24, 2.45) is 5.73 Å². The minimum absolute atomic E-state index is 0.358. The molecule has 1 unspecified atom stereocenters. The second-order valence-electron chi connectivity index (χ2n) is 4.17. The molecule has 0 radical (unpaired) electrons. The van der Waals surface area contributed by atoms with Crippen molar-refractivity contribution >= 4 is 34.8 Å². The summed E-state index contributed by atoms with van der Waals surface area (Å²) in [4.78, 5) is 0. The molecule has 2 N–H and O–H groups in total. The highest BCUT2D eigenvalue weighted by Gasteiger charge is 2.15. The summed E-state index contributed by atoms with van der Waals surface area (Å²) in [5.74, 6) is 0. The molecule has 0 aliphatic carbocycles. The van der Waals surface area contributed by atoms with Crippen LogP contribution in [0.2, 0.25) is 15.1 Å². The summed E-state index contributed by atoms with van der Waals surface area (Å²) in [7, 11) is 0. The van der Waals surface area contributed by atoms with Gasteiger partial charge >= 0.3 is 0 Å². The molecule has 0 fully saturated rings. The average molecular weight is 301 g/mol. The van der Waals surface area contributed by atoms with Crippen molar-refractivity contribution in [1.82, 2.24) is 0 Å². The standard InChI is InChI=1S/C14H12Cl3N/c1-8-2-4-10(12(16)6-8)14(18)11-5-3-9(15)7-13(11)17/h2-7,14H,18H2,1H3. The molecule has 4 heteroatoms. The molecule has 2 rings (SSSR count). The smallest absolute Gasteiger partial charge is 0.0581 e. The van der Waals surface area contributed by atoms with Gasteiger partial charge in [-0.3, -0.25) is 0 Å². The van der Waals surface area contributed by atoms with Gasteiger partial charge in [-0.1, -0.05) is 53.0 Å². The van der Waals surface area contributed by atoms with Gasteiger partial charge in [-0.25, -0.2) is 0 Å². The van der Waals surface area contributed by atoms with Gasteiger partial charge in [0, 0.05) is 15.1 Å². The first kappa shape index (κ1) is 13.7. The third-order valence-electron chi connectivity index (χ3n) is 2.79. The third kappa shape index (κ3) is 2.81. The highest BCUT2D eigenvalue weighted by Crippen LogP contribution is 2.32. The van der Waals surface area contributed by atoms with Crippen molar-refractivity contribution in [3.8, 4) is 0 Å². The molecule has 0 aliphatic rings. The van der Waals surface area contributed by atoms with Crippen LogP contribution in [0, 0.1) is 6.92 Å². The first-order valence-electron chi connectivity index (χ1n) is 5.45. The van der Waals surface area contributed by atoms with Gasteiger partial charge in [0.25, 0.3) is 0 Å². The lowest BCUT2D eigenvalue weighted by atomic mass is 9.98. The topological polar surface area (TPSA) is 26.0 Å². The van der Waals surface area contributed by atoms with E-state index in [4.69, 9.17) is 40.5 Å². The van der Waals surface area contributed by atoms with Crippen LogP contribution in [0.3, 0.4) is 0 Å². The molecule has 2 aromatic rings. The van der Waals surface area contributed by atoms with Crippen molar-refractivity contribution in [2.75, 3.05) is 0 Å². The predicted octanol–water partition coefficient (Wildman–Crippen LogP) is 5.00. The van der Waals surface area contributed by atoms with E-state index in [1.165, 1.54) is 0 Å². The fraction of sp³-hybridized carbons (Fsp3) is 0.143. The largest absolute Gasteiger partial charge is 0.320 e. The Bertz CT molecular complexity index is 530. The molecule has 2 aromatic carbocycles. The number of nitrogens with two attached hydrogens (primary N) is 1. The number of halogens is 3. The molecular formula is C14H12Cl3N. The molecule has 1 atom stereocenters. The molecule has 0 spiro atoms. The van der Waals surface area contributed by atoms with Crippen LogP contribution in [0.4, 0.5) is 0 Å². The monoisotopic (exact) mass is 299 g/mol. The second kappa shape index (κ2) is 5.50.